The highest BCUT2D eigenvalue weighted by molar-refractivity contribution is 5.06. The highest BCUT2D eigenvalue weighted by Gasteiger charge is 1.79. The van der Waals surface area contributed by atoms with Gasteiger partial charge in [-0.25, -0.2) is 0 Å². The fraction of sp³-hybridized carbons (Fsp3) is 0.583. The van der Waals surface area contributed by atoms with Crippen LogP contribution >= 0.6 is 0 Å². The minimum absolute atomic E-state index is 1.13. The van der Waals surface area contributed by atoms with Gasteiger partial charge in [0.25, 0.3) is 0 Å². The Balaban J connectivity index is 3.13. The third kappa shape index (κ3) is 9.48. The van der Waals surface area contributed by atoms with E-state index in [-0.39, 0.29) is 0 Å². The second kappa shape index (κ2) is 10.5. The molecular weight excluding hydrogens is 144 g/mol. The lowest BCUT2D eigenvalue weighted by atomic mass is 10.2. The summed E-state index contributed by atoms with van der Waals surface area (Å²) < 4.78 is 0. The van der Waals surface area contributed by atoms with Crippen LogP contribution in [-0.2, 0) is 0 Å². The molecule has 0 saturated carbocycles. The Kier molecular flexibility index (Phi) is 10.0. The Morgan fingerprint density at radius 2 is 1.75 bits per heavy atom. The van der Waals surface area contributed by atoms with Crippen LogP contribution in [0.3, 0.4) is 0 Å². The molecule has 0 aliphatic heterocycles. The maximum absolute atomic E-state index is 2.25. The Bertz CT molecular complexity index is 120. The zero-order valence-electron chi connectivity index (χ0n) is 8.42. The molecule has 12 heavy (non-hydrogen) atoms. The molecule has 0 unspecified atom stereocenters. The molecule has 0 rings (SSSR count). The number of hydrogen-bond donors (Lipinski definition) is 0. The van der Waals surface area contributed by atoms with Gasteiger partial charge < -0.3 is 0 Å². The van der Waals surface area contributed by atoms with Gasteiger partial charge in [-0.1, -0.05) is 51.0 Å². The molecule has 1 radical (unpaired) electrons. The van der Waals surface area contributed by atoms with Gasteiger partial charge in [-0.15, -0.1) is 0 Å². The molecule has 0 spiro atoms. The van der Waals surface area contributed by atoms with E-state index in [1.165, 1.54) is 25.7 Å². The van der Waals surface area contributed by atoms with Crippen LogP contribution in [0.5, 0.6) is 0 Å². The maximum atomic E-state index is 2.25. The van der Waals surface area contributed by atoms with Crippen molar-refractivity contribution in [2.24, 2.45) is 0 Å². The molecular formula is C12H21. The number of unbranched alkanes of at least 4 members (excludes halogenated alkanes) is 4. The molecule has 0 nitrogen and oxygen atoms in total. The average molecular weight is 165 g/mol. The minimum Gasteiger partial charge on any atom is -0.0845 e. The minimum atomic E-state index is 1.13. The first-order valence-electron chi connectivity index (χ1n) is 5.06. The van der Waals surface area contributed by atoms with Crippen molar-refractivity contribution in [3.63, 3.8) is 0 Å². The van der Waals surface area contributed by atoms with Crippen LogP contribution in [0.4, 0.5) is 0 Å². The quantitative estimate of drug-likeness (QED) is 0.390. The van der Waals surface area contributed by atoms with Crippen molar-refractivity contribution in [2.45, 2.75) is 46.0 Å². The Morgan fingerprint density at radius 3 is 2.42 bits per heavy atom. The topological polar surface area (TPSA) is 0 Å². The van der Waals surface area contributed by atoms with E-state index in [1.807, 2.05) is 0 Å². The Hall–Kier alpha value is -0.520. The number of hydrogen-bond acceptors (Lipinski definition) is 0. The molecule has 0 aromatic heterocycles. The lowest BCUT2D eigenvalue weighted by Gasteiger charge is -1.89. The Morgan fingerprint density at radius 1 is 0.917 bits per heavy atom. The SMILES string of the molecule is CC[CH]C=CC=CCCCCC. The molecule has 0 aromatic rings. The summed E-state index contributed by atoms with van der Waals surface area (Å²) in [4.78, 5) is 0. The molecule has 0 bridgehead atoms. The van der Waals surface area contributed by atoms with Crippen molar-refractivity contribution >= 4 is 0 Å². The fourth-order valence-corrected chi connectivity index (χ4v) is 0.966. The molecule has 0 amide bonds. The monoisotopic (exact) mass is 165 g/mol. The van der Waals surface area contributed by atoms with Crippen molar-refractivity contribution in [3.05, 3.63) is 30.7 Å². The smallest absolute Gasteiger partial charge is 0.0170 e. The van der Waals surface area contributed by atoms with Crippen molar-refractivity contribution < 1.29 is 0 Å². The van der Waals surface area contributed by atoms with Gasteiger partial charge in [-0.3, -0.25) is 0 Å². The molecule has 0 N–H and O–H groups in total. The van der Waals surface area contributed by atoms with Gasteiger partial charge >= 0.3 is 0 Å². The highest BCUT2D eigenvalue weighted by atomic mass is 13.9. The van der Waals surface area contributed by atoms with E-state index in [9.17, 15) is 0 Å². The van der Waals surface area contributed by atoms with E-state index in [2.05, 4.69) is 44.6 Å². The van der Waals surface area contributed by atoms with E-state index in [1.54, 1.807) is 0 Å². The molecule has 0 heterocycles. The van der Waals surface area contributed by atoms with Crippen LogP contribution in [0.25, 0.3) is 0 Å². The molecule has 0 heteroatoms. The summed E-state index contributed by atoms with van der Waals surface area (Å²) in [5, 5.41) is 0. The summed E-state index contributed by atoms with van der Waals surface area (Å²) in [6, 6.07) is 0. The van der Waals surface area contributed by atoms with Crippen molar-refractivity contribution in [1.82, 2.24) is 0 Å². The van der Waals surface area contributed by atoms with E-state index >= 15 is 0 Å². The second-order valence-electron chi connectivity index (χ2n) is 2.95. The Labute approximate surface area is 77.4 Å². The van der Waals surface area contributed by atoms with Crippen molar-refractivity contribution in [2.75, 3.05) is 0 Å². The van der Waals surface area contributed by atoms with E-state index < -0.39 is 0 Å². The predicted octanol–water partition coefficient (Wildman–Crippen LogP) is 4.29. The zero-order chi connectivity index (χ0) is 9.07. The third-order valence-electron chi connectivity index (χ3n) is 1.70. The van der Waals surface area contributed by atoms with Crippen LogP contribution in [0.1, 0.15) is 46.0 Å². The molecule has 0 aromatic carbocycles. The van der Waals surface area contributed by atoms with Gasteiger partial charge in [0.2, 0.25) is 0 Å². The molecule has 0 aliphatic carbocycles. The van der Waals surface area contributed by atoms with Crippen molar-refractivity contribution in [1.29, 1.82) is 0 Å². The normalized spacial score (nSPS) is 11.8. The van der Waals surface area contributed by atoms with Gasteiger partial charge in [-0.2, -0.15) is 0 Å². The van der Waals surface area contributed by atoms with Gasteiger partial charge in [0.05, 0.1) is 0 Å². The summed E-state index contributed by atoms with van der Waals surface area (Å²) in [6.07, 6.45) is 17.1. The molecule has 0 atom stereocenters. The zero-order valence-corrected chi connectivity index (χ0v) is 8.42. The number of allylic oxidation sites excluding steroid dienone is 4. The highest BCUT2D eigenvalue weighted by Crippen LogP contribution is 1.99. The van der Waals surface area contributed by atoms with E-state index in [0.717, 1.165) is 6.42 Å². The first-order chi connectivity index (χ1) is 5.91. The van der Waals surface area contributed by atoms with Gasteiger partial charge in [0.15, 0.2) is 0 Å². The van der Waals surface area contributed by atoms with Crippen LogP contribution in [0.15, 0.2) is 24.3 Å². The summed E-state index contributed by atoms with van der Waals surface area (Å²) in [5.41, 5.74) is 0. The standard InChI is InChI=1S/C12H21/c1-3-5-7-9-11-12-10-8-6-4-2/h5,7,9,11-12H,3-4,6,8,10H2,1-2H3. The maximum Gasteiger partial charge on any atom is -0.0170 e. The summed E-state index contributed by atoms with van der Waals surface area (Å²) in [6.45, 7) is 4.38. The summed E-state index contributed by atoms with van der Waals surface area (Å²) in [7, 11) is 0. The summed E-state index contributed by atoms with van der Waals surface area (Å²) >= 11 is 0. The van der Waals surface area contributed by atoms with Gasteiger partial charge in [-0.05, 0) is 25.7 Å². The first-order valence-corrected chi connectivity index (χ1v) is 5.06. The largest absolute Gasteiger partial charge is 0.0845 e. The van der Waals surface area contributed by atoms with Crippen LogP contribution in [-0.4, -0.2) is 0 Å². The third-order valence-corrected chi connectivity index (χ3v) is 1.70. The van der Waals surface area contributed by atoms with E-state index in [4.69, 9.17) is 0 Å². The predicted molar refractivity (Wildman–Crippen MR) is 57.0 cm³/mol. The molecule has 0 aliphatic rings. The number of rotatable bonds is 7. The lowest BCUT2D eigenvalue weighted by Crippen LogP contribution is -1.69. The first kappa shape index (κ1) is 11.5. The average Bonchev–Trinajstić information content (AvgIpc) is 2.10. The summed E-state index contributed by atoms with van der Waals surface area (Å²) in [5.74, 6) is 0. The van der Waals surface area contributed by atoms with Crippen LogP contribution in [0.2, 0.25) is 0 Å². The van der Waals surface area contributed by atoms with Gasteiger partial charge in [0, 0.05) is 0 Å². The molecule has 69 valence electrons. The van der Waals surface area contributed by atoms with Crippen LogP contribution in [0, 0.1) is 6.42 Å². The van der Waals surface area contributed by atoms with Gasteiger partial charge in [0.1, 0.15) is 0 Å². The second-order valence-corrected chi connectivity index (χ2v) is 2.95. The van der Waals surface area contributed by atoms with Crippen LogP contribution < -0.4 is 0 Å². The van der Waals surface area contributed by atoms with Crippen molar-refractivity contribution in [3.8, 4) is 0 Å². The fourth-order valence-electron chi connectivity index (χ4n) is 0.966. The molecule has 0 fully saturated rings. The molecule has 0 saturated heterocycles. The lowest BCUT2D eigenvalue weighted by molar-refractivity contribution is 0.729. The van der Waals surface area contributed by atoms with E-state index in [0.29, 0.717) is 0 Å².